The molecule has 0 saturated carbocycles. The summed E-state index contributed by atoms with van der Waals surface area (Å²) in [6, 6.07) is 3.24. The van der Waals surface area contributed by atoms with E-state index in [0.717, 1.165) is 12.8 Å². The van der Waals surface area contributed by atoms with Crippen molar-refractivity contribution in [1.82, 2.24) is 10.2 Å². The quantitative estimate of drug-likeness (QED) is 0.571. The van der Waals surface area contributed by atoms with Crippen LogP contribution < -0.4 is 16.4 Å². The van der Waals surface area contributed by atoms with Gasteiger partial charge in [-0.05, 0) is 43.4 Å². The average Bonchev–Trinajstić information content (AvgIpc) is 2.72. The molecule has 0 bridgehead atoms. The number of hydrogen-bond acceptors (Lipinski definition) is 5. The summed E-state index contributed by atoms with van der Waals surface area (Å²) in [7, 11) is 1.23. The first kappa shape index (κ1) is 23.7. The molecule has 2 atom stereocenters. The fraction of sp³-hybridized carbons (Fsp3) is 0.500. The van der Waals surface area contributed by atoms with Gasteiger partial charge in [0.15, 0.2) is 0 Å². The molecule has 0 spiro atoms. The molecule has 1 aliphatic rings. The number of primary amides is 1. The molecule has 4 N–H and O–H groups in total. The molecule has 4 amide bonds. The van der Waals surface area contributed by atoms with Gasteiger partial charge in [-0.1, -0.05) is 29.8 Å². The zero-order valence-electron chi connectivity index (χ0n) is 17.2. The summed E-state index contributed by atoms with van der Waals surface area (Å²) in [5, 5.41) is 5.28. The van der Waals surface area contributed by atoms with Gasteiger partial charge < -0.3 is 26.0 Å². The van der Waals surface area contributed by atoms with Gasteiger partial charge in [-0.25, -0.2) is 4.79 Å². The number of carbonyl (C=O) groups is 4. The predicted octanol–water partition coefficient (Wildman–Crippen LogP) is 2.25. The number of ether oxygens (including phenoxy) is 1. The van der Waals surface area contributed by atoms with E-state index in [0.29, 0.717) is 17.4 Å². The van der Waals surface area contributed by atoms with Crippen LogP contribution in [0.3, 0.4) is 0 Å². The van der Waals surface area contributed by atoms with Gasteiger partial charge in [0, 0.05) is 11.0 Å². The lowest BCUT2D eigenvalue weighted by atomic mass is 9.96. The number of benzene rings is 1. The van der Waals surface area contributed by atoms with E-state index in [1.807, 2.05) is 0 Å². The van der Waals surface area contributed by atoms with Crippen molar-refractivity contribution in [1.29, 1.82) is 0 Å². The van der Waals surface area contributed by atoms with Gasteiger partial charge in [-0.2, -0.15) is 0 Å². The molecular formula is C20H27BrN4O5. The first-order chi connectivity index (χ1) is 14.1. The normalized spacial score (nSPS) is 17.2. The number of halogens is 1. The highest BCUT2D eigenvalue weighted by atomic mass is 79.9. The number of likely N-dealkylation sites (tertiary alicyclic amines) is 1. The number of alkyl carbamates (subject to hydrolysis) is 1. The first-order valence-electron chi connectivity index (χ1n) is 9.70. The Kier molecular flexibility index (Phi) is 8.22. The molecule has 1 heterocycles. The van der Waals surface area contributed by atoms with Gasteiger partial charge >= 0.3 is 6.09 Å². The summed E-state index contributed by atoms with van der Waals surface area (Å²) >= 11 is 3.27. The molecule has 0 aliphatic carbocycles. The number of methoxy groups -OCH3 is 1. The van der Waals surface area contributed by atoms with Crippen LogP contribution in [0.2, 0.25) is 0 Å². The summed E-state index contributed by atoms with van der Waals surface area (Å²) in [4.78, 5) is 51.1. The molecule has 2 rings (SSSR count). The number of piperidine rings is 1. The second kappa shape index (κ2) is 10.4. The molecule has 0 radical (unpaired) electrons. The van der Waals surface area contributed by atoms with Gasteiger partial charge in [-0.3, -0.25) is 14.4 Å². The van der Waals surface area contributed by atoms with E-state index in [1.54, 1.807) is 26.0 Å². The topological polar surface area (TPSA) is 131 Å². The maximum Gasteiger partial charge on any atom is 0.407 e. The summed E-state index contributed by atoms with van der Waals surface area (Å²) in [6.45, 7) is 4.00. The van der Waals surface area contributed by atoms with E-state index < -0.39 is 30.0 Å². The molecule has 1 aliphatic heterocycles. The second-order valence-corrected chi connectivity index (χ2v) is 8.36. The smallest absolute Gasteiger partial charge is 0.407 e. The van der Waals surface area contributed by atoms with Crippen LogP contribution in [0, 0.1) is 5.92 Å². The summed E-state index contributed by atoms with van der Waals surface area (Å²) in [5.41, 5.74) is 5.86. The van der Waals surface area contributed by atoms with Crippen molar-refractivity contribution in [2.45, 2.75) is 45.2 Å². The van der Waals surface area contributed by atoms with E-state index in [4.69, 9.17) is 5.73 Å². The molecule has 1 aromatic carbocycles. The highest BCUT2D eigenvalue weighted by Crippen LogP contribution is 2.24. The number of anilines is 1. The van der Waals surface area contributed by atoms with Crippen molar-refractivity contribution >= 4 is 45.4 Å². The molecule has 0 aromatic heterocycles. The van der Waals surface area contributed by atoms with Crippen molar-refractivity contribution in [3.8, 4) is 0 Å². The molecule has 0 unspecified atom stereocenters. The van der Waals surface area contributed by atoms with Gasteiger partial charge in [-0.15, -0.1) is 0 Å². The number of carbonyl (C=O) groups excluding carboxylic acids is 4. The highest BCUT2D eigenvalue weighted by Gasteiger charge is 2.37. The van der Waals surface area contributed by atoms with Crippen molar-refractivity contribution in [2.24, 2.45) is 11.7 Å². The first-order valence-corrected chi connectivity index (χ1v) is 10.5. The molecule has 1 saturated heterocycles. The zero-order chi connectivity index (χ0) is 22.4. The van der Waals surface area contributed by atoms with E-state index in [2.05, 4.69) is 31.3 Å². The number of hydrogen-bond donors (Lipinski definition) is 3. The number of nitrogens with zero attached hydrogens (tertiary/aromatic N) is 1. The third-order valence-corrected chi connectivity index (χ3v) is 5.48. The van der Waals surface area contributed by atoms with Crippen molar-refractivity contribution < 1.29 is 23.9 Å². The molecule has 9 nitrogen and oxygen atoms in total. The molecule has 1 aromatic rings. The Hall–Kier alpha value is -2.62. The van der Waals surface area contributed by atoms with E-state index in [9.17, 15) is 19.2 Å². The standard InChI is InChI=1S/C20H27BrN4O5/c1-11(2)16(24-20(29)30-3)19(28)25-9-5-4-6-15(25)18(27)23-14-8-7-12(21)10-13(14)17(22)26/h7-8,10-11,15-16H,4-6,9H2,1-3H3,(H2,22,26)(H,23,27)(H,24,29)/t15-,16-/m0/s1. The SMILES string of the molecule is COC(=O)N[C@H](C(=O)N1CCCC[C@H]1C(=O)Nc1ccc(Br)cc1C(N)=O)C(C)C. The molecule has 10 heteroatoms. The van der Waals surface area contributed by atoms with Crippen molar-refractivity contribution in [2.75, 3.05) is 19.0 Å². The van der Waals surface area contributed by atoms with Crippen LogP contribution in [0.1, 0.15) is 43.5 Å². The molecular weight excluding hydrogens is 456 g/mol. The maximum atomic E-state index is 13.2. The Morgan fingerprint density at radius 2 is 1.93 bits per heavy atom. The molecule has 1 fully saturated rings. The Morgan fingerprint density at radius 3 is 2.53 bits per heavy atom. The van der Waals surface area contributed by atoms with Gasteiger partial charge in [0.05, 0.1) is 18.4 Å². The largest absolute Gasteiger partial charge is 0.453 e. The minimum absolute atomic E-state index is 0.166. The Bertz CT molecular complexity index is 829. The fourth-order valence-corrected chi connectivity index (χ4v) is 3.75. The third-order valence-electron chi connectivity index (χ3n) is 4.98. The van der Waals surface area contributed by atoms with E-state index in [1.165, 1.54) is 18.1 Å². The zero-order valence-corrected chi connectivity index (χ0v) is 18.8. The Balaban J connectivity index is 2.24. The highest BCUT2D eigenvalue weighted by molar-refractivity contribution is 9.10. The minimum Gasteiger partial charge on any atom is -0.453 e. The van der Waals surface area contributed by atoms with Gasteiger partial charge in [0.2, 0.25) is 11.8 Å². The summed E-state index contributed by atoms with van der Waals surface area (Å²) in [5.74, 6) is -1.63. The number of nitrogens with two attached hydrogens (primary N) is 1. The predicted molar refractivity (Wildman–Crippen MR) is 115 cm³/mol. The van der Waals surface area contributed by atoms with Crippen LogP contribution in [-0.4, -0.2) is 54.5 Å². The third kappa shape index (κ3) is 5.71. The fourth-order valence-electron chi connectivity index (χ4n) is 3.39. The molecule has 30 heavy (non-hydrogen) atoms. The van der Waals surface area contributed by atoms with Crippen LogP contribution in [0.25, 0.3) is 0 Å². The van der Waals surface area contributed by atoms with Crippen molar-refractivity contribution in [3.63, 3.8) is 0 Å². The van der Waals surface area contributed by atoms with Gasteiger partial charge in [0.25, 0.3) is 5.91 Å². The molecule has 164 valence electrons. The van der Waals surface area contributed by atoms with Crippen LogP contribution >= 0.6 is 15.9 Å². The monoisotopic (exact) mass is 482 g/mol. The van der Waals surface area contributed by atoms with Gasteiger partial charge in [0.1, 0.15) is 12.1 Å². The summed E-state index contributed by atoms with van der Waals surface area (Å²) < 4.78 is 5.27. The number of amides is 4. The van der Waals surface area contributed by atoms with Crippen LogP contribution in [0.5, 0.6) is 0 Å². The van der Waals surface area contributed by atoms with E-state index >= 15 is 0 Å². The Morgan fingerprint density at radius 1 is 1.23 bits per heavy atom. The summed E-state index contributed by atoms with van der Waals surface area (Å²) in [6.07, 6.45) is 1.30. The van der Waals surface area contributed by atoms with Crippen molar-refractivity contribution in [3.05, 3.63) is 28.2 Å². The lowest BCUT2D eigenvalue weighted by molar-refractivity contribution is -0.142. The number of rotatable bonds is 6. The lowest BCUT2D eigenvalue weighted by Crippen LogP contribution is -2.57. The lowest BCUT2D eigenvalue weighted by Gasteiger charge is -2.37. The van der Waals surface area contributed by atoms with Crippen LogP contribution in [0.4, 0.5) is 10.5 Å². The average molecular weight is 483 g/mol. The number of nitrogens with one attached hydrogen (secondary N) is 2. The Labute approximate surface area is 183 Å². The minimum atomic E-state index is -0.820. The maximum absolute atomic E-state index is 13.2. The van der Waals surface area contributed by atoms with E-state index in [-0.39, 0.29) is 23.1 Å². The second-order valence-electron chi connectivity index (χ2n) is 7.44. The van der Waals surface area contributed by atoms with Crippen LogP contribution in [-0.2, 0) is 14.3 Å². The van der Waals surface area contributed by atoms with Crippen LogP contribution in [0.15, 0.2) is 22.7 Å².